The van der Waals surface area contributed by atoms with Gasteiger partial charge in [0.25, 0.3) is 0 Å². The van der Waals surface area contributed by atoms with E-state index in [0.29, 0.717) is 10.0 Å². The van der Waals surface area contributed by atoms with E-state index < -0.39 is 0 Å². The van der Waals surface area contributed by atoms with Crippen LogP contribution in [-0.4, -0.2) is 11.4 Å². The van der Waals surface area contributed by atoms with Crippen molar-refractivity contribution >= 4 is 34.6 Å². The van der Waals surface area contributed by atoms with E-state index >= 15 is 0 Å². The van der Waals surface area contributed by atoms with E-state index in [1.165, 1.54) is 0 Å². The van der Waals surface area contributed by atoms with Crippen LogP contribution in [0.4, 0.5) is 0 Å². The van der Waals surface area contributed by atoms with Crippen LogP contribution in [0.5, 0.6) is 0 Å². The largest absolute Gasteiger partial charge is 0.155 e. The van der Waals surface area contributed by atoms with Crippen LogP contribution >= 0.6 is 23.2 Å². The maximum Gasteiger partial charge on any atom is 0.0672 e. The molecule has 0 spiro atoms. The van der Waals surface area contributed by atoms with Gasteiger partial charge < -0.3 is 0 Å². The molecule has 2 rings (SSSR count). The van der Waals surface area contributed by atoms with Gasteiger partial charge in [0.1, 0.15) is 0 Å². The highest BCUT2D eigenvalue weighted by atomic mass is 35.5. The molecular weight excluding hydrogens is 291 g/mol. The summed E-state index contributed by atoms with van der Waals surface area (Å²) in [7, 11) is 0. The standard InChI is InChI=1S/C16H14Cl2N2/c1-11(13-5-3-7-15(17)9-13)19-20-12(2)14-6-4-8-16(18)10-14/h3-10H,1-2H3. The Balaban J connectivity index is 2.24. The Labute approximate surface area is 128 Å². The smallest absolute Gasteiger partial charge is 0.0672 e. The SMILES string of the molecule is CC(=NN=C(C)c1cccc(Cl)c1)c1cccc(Cl)c1. The van der Waals surface area contributed by atoms with E-state index in [9.17, 15) is 0 Å². The highest BCUT2D eigenvalue weighted by molar-refractivity contribution is 6.31. The second kappa shape index (κ2) is 6.69. The van der Waals surface area contributed by atoms with E-state index in [1.54, 1.807) is 0 Å². The third-order valence-electron chi connectivity index (χ3n) is 2.83. The summed E-state index contributed by atoms with van der Waals surface area (Å²) >= 11 is 11.9. The highest BCUT2D eigenvalue weighted by Gasteiger charge is 2.00. The van der Waals surface area contributed by atoms with Gasteiger partial charge in [0, 0.05) is 10.0 Å². The molecule has 2 aromatic carbocycles. The number of hydrogen-bond donors (Lipinski definition) is 0. The summed E-state index contributed by atoms with van der Waals surface area (Å²) < 4.78 is 0. The molecule has 0 aliphatic carbocycles. The van der Waals surface area contributed by atoms with Gasteiger partial charge in [0.05, 0.1) is 11.4 Å². The lowest BCUT2D eigenvalue weighted by molar-refractivity contribution is 1.22. The summed E-state index contributed by atoms with van der Waals surface area (Å²) in [6, 6.07) is 15.1. The lowest BCUT2D eigenvalue weighted by Crippen LogP contribution is -1.97. The maximum absolute atomic E-state index is 5.96. The van der Waals surface area contributed by atoms with Gasteiger partial charge in [-0.1, -0.05) is 47.5 Å². The minimum Gasteiger partial charge on any atom is -0.155 e. The third-order valence-corrected chi connectivity index (χ3v) is 3.30. The second-order valence-electron chi connectivity index (χ2n) is 4.39. The number of rotatable bonds is 3. The number of hydrogen-bond acceptors (Lipinski definition) is 2. The topological polar surface area (TPSA) is 24.7 Å². The Morgan fingerprint density at radius 3 is 1.50 bits per heavy atom. The summed E-state index contributed by atoms with van der Waals surface area (Å²) in [5, 5.41) is 9.86. The van der Waals surface area contributed by atoms with Crippen LogP contribution in [-0.2, 0) is 0 Å². The highest BCUT2D eigenvalue weighted by Crippen LogP contribution is 2.13. The van der Waals surface area contributed by atoms with E-state index in [4.69, 9.17) is 23.2 Å². The van der Waals surface area contributed by atoms with Crippen molar-refractivity contribution in [2.24, 2.45) is 10.2 Å². The first-order valence-electron chi connectivity index (χ1n) is 6.17. The van der Waals surface area contributed by atoms with Crippen LogP contribution in [0.2, 0.25) is 10.0 Å². The Hall–Kier alpha value is -1.64. The van der Waals surface area contributed by atoms with Crippen LogP contribution in [0.3, 0.4) is 0 Å². The molecule has 0 N–H and O–H groups in total. The van der Waals surface area contributed by atoms with Crippen LogP contribution in [0.1, 0.15) is 25.0 Å². The molecule has 20 heavy (non-hydrogen) atoms. The number of benzene rings is 2. The van der Waals surface area contributed by atoms with E-state index in [-0.39, 0.29) is 0 Å². The van der Waals surface area contributed by atoms with Crippen LogP contribution in [0.15, 0.2) is 58.7 Å². The molecular formula is C16H14Cl2N2. The molecule has 0 atom stereocenters. The van der Waals surface area contributed by atoms with Crippen molar-refractivity contribution in [3.63, 3.8) is 0 Å². The monoisotopic (exact) mass is 304 g/mol. The molecule has 102 valence electrons. The molecule has 0 saturated heterocycles. The average molecular weight is 305 g/mol. The van der Waals surface area contributed by atoms with E-state index in [1.807, 2.05) is 62.4 Å². The molecule has 0 saturated carbocycles. The van der Waals surface area contributed by atoms with Crippen molar-refractivity contribution in [1.29, 1.82) is 0 Å². The van der Waals surface area contributed by atoms with Gasteiger partial charge in [-0.15, -0.1) is 0 Å². The summed E-state index contributed by atoms with van der Waals surface area (Å²) in [6.07, 6.45) is 0. The minimum atomic E-state index is 0.688. The molecule has 0 aliphatic heterocycles. The van der Waals surface area contributed by atoms with Crippen molar-refractivity contribution in [2.75, 3.05) is 0 Å². The Bertz CT molecular complexity index is 616. The van der Waals surface area contributed by atoms with Crippen molar-refractivity contribution in [3.05, 3.63) is 69.7 Å². The van der Waals surface area contributed by atoms with E-state index in [2.05, 4.69) is 10.2 Å². The summed E-state index contributed by atoms with van der Waals surface area (Å²) in [6.45, 7) is 3.81. The summed E-state index contributed by atoms with van der Waals surface area (Å²) in [5.74, 6) is 0. The molecule has 4 heteroatoms. The van der Waals surface area contributed by atoms with Crippen molar-refractivity contribution < 1.29 is 0 Å². The zero-order valence-electron chi connectivity index (χ0n) is 11.3. The molecule has 2 aromatic rings. The lowest BCUT2D eigenvalue weighted by Gasteiger charge is -2.01. The van der Waals surface area contributed by atoms with Crippen LogP contribution < -0.4 is 0 Å². The van der Waals surface area contributed by atoms with Gasteiger partial charge >= 0.3 is 0 Å². The third kappa shape index (κ3) is 3.92. The molecule has 0 amide bonds. The fourth-order valence-electron chi connectivity index (χ4n) is 1.69. The molecule has 0 radical (unpaired) electrons. The van der Waals surface area contributed by atoms with Crippen LogP contribution in [0.25, 0.3) is 0 Å². The molecule has 2 nitrogen and oxygen atoms in total. The fraction of sp³-hybridized carbons (Fsp3) is 0.125. The van der Waals surface area contributed by atoms with Crippen LogP contribution in [0, 0.1) is 0 Å². The van der Waals surface area contributed by atoms with E-state index in [0.717, 1.165) is 22.6 Å². The molecule has 0 aliphatic rings. The maximum atomic E-state index is 5.96. The van der Waals surface area contributed by atoms with Gasteiger partial charge in [-0.25, -0.2) is 0 Å². The first-order valence-corrected chi connectivity index (χ1v) is 6.92. The minimum absolute atomic E-state index is 0.688. The van der Waals surface area contributed by atoms with Gasteiger partial charge in [-0.05, 0) is 49.2 Å². The predicted molar refractivity (Wildman–Crippen MR) is 87.3 cm³/mol. The predicted octanol–water partition coefficient (Wildman–Crippen LogP) is 5.23. The first kappa shape index (κ1) is 14.8. The molecule has 0 unspecified atom stereocenters. The van der Waals surface area contributed by atoms with Gasteiger partial charge in [-0.3, -0.25) is 0 Å². The van der Waals surface area contributed by atoms with Crippen molar-refractivity contribution in [3.8, 4) is 0 Å². The Kier molecular flexibility index (Phi) is 4.94. The average Bonchev–Trinajstić information content (AvgIpc) is 2.44. The lowest BCUT2D eigenvalue weighted by atomic mass is 10.1. The molecule has 0 fully saturated rings. The quantitative estimate of drug-likeness (QED) is 0.548. The Morgan fingerprint density at radius 2 is 1.15 bits per heavy atom. The van der Waals surface area contributed by atoms with Gasteiger partial charge in [-0.2, -0.15) is 10.2 Å². The molecule has 0 aromatic heterocycles. The fourth-order valence-corrected chi connectivity index (χ4v) is 2.07. The second-order valence-corrected chi connectivity index (χ2v) is 5.26. The zero-order chi connectivity index (χ0) is 14.5. The molecule has 0 heterocycles. The summed E-state index contributed by atoms with van der Waals surface area (Å²) in [4.78, 5) is 0. The molecule has 0 bridgehead atoms. The first-order chi connectivity index (χ1) is 9.56. The zero-order valence-corrected chi connectivity index (χ0v) is 12.8. The number of nitrogens with zero attached hydrogens (tertiary/aromatic N) is 2. The normalized spacial score (nSPS) is 12.6. The van der Waals surface area contributed by atoms with Crippen molar-refractivity contribution in [2.45, 2.75) is 13.8 Å². The van der Waals surface area contributed by atoms with Crippen molar-refractivity contribution in [1.82, 2.24) is 0 Å². The van der Waals surface area contributed by atoms with Gasteiger partial charge in [0.2, 0.25) is 0 Å². The number of halogens is 2. The Morgan fingerprint density at radius 1 is 0.750 bits per heavy atom. The van der Waals surface area contributed by atoms with Gasteiger partial charge in [0.15, 0.2) is 0 Å². The summed E-state index contributed by atoms with van der Waals surface area (Å²) in [5.41, 5.74) is 3.54.